The van der Waals surface area contributed by atoms with Crippen molar-refractivity contribution in [3.05, 3.63) is 83.1 Å². The third kappa shape index (κ3) is 8.20. The van der Waals surface area contributed by atoms with Gasteiger partial charge in [-0.1, -0.05) is 62.3 Å². The van der Waals surface area contributed by atoms with Crippen LogP contribution < -0.4 is 5.32 Å². The molecule has 2 aliphatic heterocycles. The lowest BCUT2D eigenvalue weighted by Gasteiger charge is -2.39. The maximum absolute atomic E-state index is 13.0. The molecule has 7 rings (SSSR count). The van der Waals surface area contributed by atoms with Crippen molar-refractivity contribution in [3.63, 3.8) is 0 Å². The van der Waals surface area contributed by atoms with Gasteiger partial charge in [0, 0.05) is 47.8 Å². The van der Waals surface area contributed by atoms with Crippen LogP contribution in [0.2, 0.25) is 0 Å². The number of hydrogen-bond acceptors (Lipinski definition) is 10. The molecule has 0 aliphatic carbocycles. The van der Waals surface area contributed by atoms with Crippen LogP contribution in [-0.2, 0) is 20.5 Å². The highest BCUT2D eigenvalue weighted by Crippen LogP contribution is 2.38. The predicted octanol–water partition coefficient (Wildman–Crippen LogP) is 8.16. The van der Waals surface area contributed by atoms with Crippen molar-refractivity contribution in [2.75, 3.05) is 19.7 Å². The lowest BCUT2D eigenvalue weighted by molar-refractivity contribution is -0.0369. The number of pyridine rings is 1. The molecule has 5 heterocycles. The standard InChI is InChI=1S/C43H53N7O6/c1-26-23-29(14-17-32(26)27(2)45-37(51)38-46-39(48-56-38)41(3,4)5)35-33-24-30(25-44-36(33)50(47-35)34-11-9-10-22-54-34)28-12-15-31(16-13-28)43(53)18-20-49(21-19-43)40(52)55-42(6,7)8/h12-17,23-25,27,34,53H,9-11,18-22H2,1-8H3,(H,45,51)/t27-,34?/m1/s1. The summed E-state index contributed by atoms with van der Waals surface area (Å²) in [5.74, 6) is -0.0126. The van der Waals surface area contributed by atoms with Gasteiger partial charge < -0.3 is 29.3 Å². The average molecular weight is 764 g/mol. The van der Waals surface area contributed by atoms with E-state index >= 15 is 0 Å². The second-order valence-electron chi connectivity index (χ2n) is 17.2. The van der Waals surface area contributed by atoms with Gasteiger partial charge in [-0.3, -0.25) is 4.79 Å². The number of ether oxygens (including phenoxy) is 2. The van der Waals surface area contributed by atoms with E-state index in [1.165, 1.54) is 0 Å². The SMILES string of the molecule is Cc1cc(-c2nn(C3CCCCO3)c3ncc(-c4ccc(C5(O)CCN(C(=O)OC(C)(C)C)CC5)cc4)cc23)ccc1[C@@H](C)NC(=O)c1nc(C(C)(C)C)no1. The first-order valence-electron chi connectivity index (χ1n) is 19.6. The van der Waals surface area contributed by atoms with Gasteiger partial charge in [0.05, 0.1) is 11.6 Å². The van der Waals surface area contributed by atoms with Crippen LogP contribution in [-0.4, -0.2) is 72.2 Å². The van der Waals surface area contributed by atoms with Gasteiger partial charge in [-0.25, -0.2) is 14.5 Å². The molecular weight excluding hydrogens is 711 g/mol. The van der Waals surface area contributed by atoms with E-state index < -0.39 is 17.1 Å². The molecule has 1 unspecified atom stereocenters. The highest BCUT2D eigenvalue weighted by atomic mass is 16.6. The number of aliphatic hydroxyl groups is 1. The summed E-state index contributed by atoms with van der Waals surface area (Å²) in [4.78, 5) is 36.6. The zero-order chi connectivity index (χ0) is 40.0. The Kier molecular flexibility index (Phi) is 10.5. The fourth-order valence-corrected chi connectivity index (χ4v) is 7.42. The molecule has 296 valence electrons. The van der Waals surface area contributed by atoms with Crippen molar-refractivity contribution in [1.82, 2.24) is 35.1 Å². The number of piperidine rings is 1. The van der Waals surface area contributed by atoms with E-state index in [1.807, 2.05) is 103 Å². The van der Waals surface area contributed by atoms with Crippen molar-refractivity contribution in [2.45, 2.75) is 116 Å². The topological polar surface area (TPSA) is 158 Å². The van der Waals surface area contributed by atoms with Crippen LogP contribution in [0, 0.1) is 6.92 Å². The van der Waals surface area contributed by atoms with E-state index in [0.717, 1.165) is 69.4 Å². The van der Waals surface area contributed by atoms with Crippen LogP contribution in [0.15, 0.2) is 59.3 Å². The lowest BCUT2D eigenvalue weighted by Crippen LogP contribution is -2.46. The molecule has 2 atom stereocenters. The first-order valence-corrected chi connectivity index (χ1v) is 19.6. The van der Waals surface area contributed by atoms with Crippen molar-refractivity contribution in [1.29, 1.82) is 0 Å². The molecule has 5 aromatic rings. The van der Waals surface area contributed by atoms with E-state index in [1.54, 1.807) is 4.90 Å². The number of aromatic nitrogens is 5. The van der Waals surface area contributed by atoms with Gasteiger partial charge in [-0.15, -0.1) is 0 Å². The summed E-state index contributed by atoms with van der Waals surface area (Å²) in [5.41, 5.74) is 5.14. The number of amides is 2. The number of fused-ring (bicyclic) bond motifs is 1. The molecule has 2 aromatic carbocycles. The summed E-state index contributed by atoms with van der Waals surface area (Å²) < 4.78 is 18.9. The van der Waals surface area contributed by atoms with Gasteiger partial charge in [-0.2, -0.15) is 10.1 Å². The normalized spacial score (nSPS) is 18.2. The van der Waals surface area contributed by atoms with Crippen LogP contribution in [0.1, 0.15) is 126 Å². The van der Waals surface area contributed by atoms with Crippen molar-refractivity contribution >= 4 is 23.0 Å². The summed E-state index contributed by atoms with van der Waals surface area (Å²) in [6.45, 7) is 16.9. The molecule has 2 N–H and O–H groups in total. The molecule has 0 saturated carbocycles. The minimum atomic E-state index is -1.04. The molecule has 13 nitrogen and oxygen atoms in total. The van der Waals surface area contributed by atoms with Crippen LogP contribution in [0.4, 0.5) is 4.79 Å². The molecule has 0 spiro atoms. The third-order valence-corrected chi connectivity index (χ3v) is 10.6. The molecule has 3 aromatic heterocycles. The molecule has 2 fully saturated rings. The van der Waals surface area contributed by atoms with Gasteiger partial charge in [-0.05, 0) is 101 Å². The van der Waals surface area contributed by atoms with E-state index in [-0.39, 0.29) is 29.7 Å². The maximum Gasteiger partial charge on any atom is 0.410 e. The molecular formula is C43H53N7O6. The Balaban J connectivity index is 1.14. The largest absolute Gasteiger partial charge is 0.444 e. The second-order valence-corrected chi connectivity index (χ2v) is 17.2. The Morgan fingerprint density at radius 3 is 2.32 bits per heavy atom. The van der Waals surface area contributed by atoms with E-state index in [4.69, 9.17) is 24.1 Å². The average Bonchev–Trinajstić information content (AvgIpc) is 3.81. The summed E-state index contributed by atoms with van der Waals surface area (Å²) >= 11 is 0. The van der Waals surface area contributed by atoms with E-state index in [9.17, 15) is 14.7 Å². The molecule has 56 heavy (non-hydrogen) atoms. The van der Waals surface area contributed by atoms with Crippen LogP contribution >= 0.6 is 0 Å². The van der Waals surface area contributed by atoms with Crippen molar-refractivity contribution in [2.24, 2.45) is 0 Å². The quantitative estimate of drug-likeness (QED) is 0.166. The number of aryl methyl sites for hydroxylation is 1. The number of carbonyl (C=O) groups is 2. The zero-order valence-corrected chi connectivity index (χ0v) is 33.7. The highest BCUT2D eigenvalue weighted by molar-refractivity contribution is 5.94. The second kappa shape index (κ2) is 15.1. The third-order valence-electron chi connectivity index (χ3n) is 10.6. The Morgan fingerprint density at radius 1 is 0.982 bits per heavy atom. The molecule has 2 saturated heterocycles. The Morgan fingerprint density at radius 2 is 1.70 bits per heavy atom. The molecule has 0 radical (unpaired) electrons. The van der Waals surface area contributed by atoms with Crippen LogP contribution in [0.25, 0.3) is 33.4 Å². The van der Waals surface area contributed by atoms with Crippen LogP contribution in [0.5, 0.6) is 0 Å². The van der Waals surface area contributed by atoms with E-state index in [2.05, 4.69) is 27.6 Å². The molecule has 2 aliphatic rings. The fraction of sp³-hybridized carbons (Fsp3) is 0.488. The fourth-order valence-electron chi connectivity index (χ4n) is 7.42. The zero-order valence-electron chi connectivity index (χ0n) is 33.7. The number of hydrogen-bond donors (Lipinski definition) is 2. The smallest absolute Gasteiger partial charge is 0.410 e. The van der Waals surface area contributed by atoms with Gasteiger partial charge in [0.1, 0.15) is 11.3 Å². The number of nitrogens with one attached hydrogen (secondary N) is 1. The summed E-state index contributed by atoms with van der Waals surface area (Å²) in [5, 5.41) is 24.6. The monoisotopic (exact) mass is 763 g/mol. The predicted molar refractivity (Wildman–Crippen MR) is 212 cm³/mol. The summed E-state index contributed by atoms with van der Waals surface area (Å²) in [6.07, 6.45) is 5.07. The van der Waals surface area contributed by atoms with Gasteiger partial charge >= 0.3 is 17.9 Å². The van der Waals surface area contributed by atoms with Crippen LogP contribution in [0.3, 0.4) is 0 Å². The minimum absolute atomic E-state index is 0.0626. The first-order chi connectivity index (χ1) is 26.5. The molecule has 0 bridgehead atoms. The number of benzene rings is 2. The number of likely N-dealkylation sites (tertiary alicyclic amines) is 1. The van der Waals surface area contributed by atoms with Crippen molar-refractivity contribution in [3.8, 4) is 22.4 Å². The lowest BCUT2D eigenvalue weighted by atomic mass is 9.84. The minimum Gasteiger partial charge on any atom is -0.444 e. The number of carbonyl (C=O) groups excluding carboxylic acids is 2. The number of nitrogens with zero attached hydrogens (tertiary/aromatic N) is 6. The maximum atomic E-state index is 13.0. The Labute approximate surface area is 327 Å². The van der Waals surface area contributed by atoms with Gasteiger partial charge in [0.2, 0.25) is 0 Å². The molecule has 2 amide bonds. The number of rotatable bonds is 7. The Bertz CT molecular complexity index is 2220. The van der Waals surface area contributed by atoms with E-state index in [0.29, 0.717) is 38.4 Å². The van der Waals surface area contributed by atoms with Crippen molar-refractivity contribution < 1.29 is 28.7 Å². The highest BCUT2D eigenvalue weighted by Gasteiger charge is 2.37. The van der Waals surface area contributed by atoms with Gasteiger partial charge in [0.25, 0.3) is 0 Å². The summed E-state index contributed by atoms with van der Waals surface area (Å²) in [6, 6.07) is 15.9. The van der Waals surface area contributed by atoms with Gasteiger partial charge in [0.15, 0.2) is 17.7 Å². The summed E-state index contributed by atoms with van der Waals surface area (Å²) in [7, 11) is 0. The molecule has 13 heteroatoms. The Hall–Kier alpha value is -5.14. The first kappa shape index (κ1) is 39.1.